The van der Waals surface area contributed by atoms with E-state index in [1.807, 2.05) is 50.5 Å². The summed E-state index contributed by atoms with van der Waals surface area (Å²) >= 11 is 0. The van der Waals surface area contributed by atoms with Crippen LogP contribution < -0.4 is 10.6 Å². The Morgan fingerprint density at radius 3 is 2.78 bits per heavy atom. The molecule has 0 saturated heterocycles. The van der Waals surface area contributed by atoms with Gasteiger partial charge in [0.2, 0.25) is 11.6 Å². The molecule has 4 aromatic rings. The predicted octanol–water partition coefficient (Wildman–Crippen LogP) is 4.34. The van der Waals surface area contributed by atoms with Gasteiger partial charge in [-0.05, 0) is 49.6 Å². The van der Waals surface area contributed by atoms with Gasteiger partial charge in [-0.1, -0.05) is 12.1 Å². The lowest BCUT2D eigenvalue weighted by Gasteiger charge is -2.10. The summed E-state index contributed by atoms with van der Waals surface area (Å²) in [4.78, 5) is 32.1. The molecule has 3 N–H and O–H groups in total. The SMILES string of the molecule is [C-]#[N+]c1cnc(NC(C)C)nc1-c1c[nH]c2ncc(Cc3cccc(C(=O)NC)c3)cc12. The predicted molar refractivity (Wildman–Crippen MR) is 125 cm³/mol. The Morgan fingerprint density at radius 1 is 1.19 bits per heavy atom. The molecule has 32 heavy (non-hydrogen) atoms. The molecule has 0 bridgehead atoms. The largest absolute Gasteiger partial charge is 0.355 e. The molecule has 4 rings (SSSR count). The number of carbonyl (C=O) groups is 1. The Balaban J connectivity index is 1.73. The van der Waals surface area contributed by atoms with Gasteiger partial charge in [0.25, 0.3) is 5.91 Å². The molecule has 8 nitrogen and oxygen atoms in total. The smallest absolute Gasteiger partial charge is 0.251 e. The first-order chi connectivity index (χ1) is 15.5. The number of hydrogen-bond acceptors (Lipinski definition) is 5. The third-order valence-corrected chi connectivity index (χ3v) is 4.97. The van der Waals surface area contributed by atoms with Crippen LogP contribution in [-0.4, -0.2) is 38.9 Å². The van der Waals surface area contributed by atoms with Crippen molar-refractivity contribution in [3.63, 3.8) is 0 Å². The molecule has 160 valence electrons. The van der Waals surface area contributed by atoms with Gasteiger partial charge in [0, 0.05) is 48.2 Å². The maximum Gasteiger partial charge on any atom is 0.251 e. The fraction of sp³-hybridized carbons (Fsp3) is 0.208. The highest BCUT2D eigenvalue weighted by molar-refractivity contribution is 5.96. The normalized spacial score (nSPS) is 10.8. The zero-order valence-corrected chi connectivity index (χ0v) is 18.1. The van der Waals surface area contributed by atoms with Crippen LogP contribution in [0.15, 0.2) is 48.9 Å². The third-order valence-electron chi connectivity index (χ3n) is 4.97. The fourth-order valence-corrected chi connectivity index (χ4v) is 3.53. The summed E-state index contributed by atoms with van der Waals surface area (Å²) in [5, 5.41) is 6.71. The molecule has 0 saturated carbocycles. The number of rotatable bonds is 6. The summed E-state index contributed by atoms with van der Waals surface area (Å²) in [5.74, 6) is 0.362. The summed E-state index contributed by atoms with van der Waals surface area (Å²) in [6, 6.07) is 9.75. The summed E-state index contributed by atoms with van der Waals surface area (Å²) < 4.78 is 0. The number of aromatic amines is 1. The van der Waals surface area contributed by atoms with Crippen LogP contribution in [0.2, 0.25) is 0 Å². The molecule has 1 aromatic carbocycles. The molecule has 0 aliphatic carbocycles. The van der Waals surface area contributed by atoms with E-state index in [-0.39, 0.29) is 11.9 Å². The molecule has 8 heteroatoms. The van der Waals surface area contributed by atoms with Gasteiger partial charge in [-0.15, -0.1) is 0 Å². The molecule has 1 amide bonds. The molecular weight excluding hydrogens is 402 g/mol. The van der Waals surface area contributed by atoms with Gasteiger partial charge in [0.05, 0.1) is 12.3 Å². The molecule has 0 radical (unpaired) electrons. The van der Waals surface area contributed by atoms with Crippen molar-refractivity contribution in [2.24, 2.45) is 0 Å². The molecule has 0 unspecified atom stereocenters. The van der Waals surface area contributed by atoms with Crippen LogP contribution in [0.25, 0.3) is 27.1 Å². The van der Waals surface area contributed by atoms with Crippen LogP contribution in [0.4, 0.5) is 11.6 Å². The zero-order chi connectivity index (χ0) is 22.7. The van der Waals surface area contributed by atoms with Crippen molar-refractivity contribution < 1.29 is 4.79 Å². The number of anilines is 1. The summed E-state index contributed by atoms with van der Waals surface area (Å²) in [7, 11) is 1.62. The highest BCUT2D eigenvalue weighted by Crippen LogP contribution is 2.34. The quantitative estimate of drug-likeness (QED) is 0.399. The Morgan fingerprint density at radius 2 is 2.03 bits per heavy atom. The van der Waals surface area contributed by atoms with Crippen molar-refractivity contribution in [3.8, 4) is 11.3 Å². The van der Waals surface area contributed by atoms with Gasteiger partial charge in [0.1, 0.15) is 5.65 Å². The zero-order valence-electron chi connectivity index (χ0n) is 18.1. The Bertz CT molecular complexity index is 1330. The van der Waals surface area contributed by atoms with Crippen LogP contribution in [0.1, 0.15) is 35.3 Å². The third kappa shape index (κ3) is 4.27. The highest BCUT2D eigenvalue weighted by atomic mass is 16.1. The van der Waals surface area contributed by atoms with Crippen molar-refractivity contribution in [1.82, 2.24) is 25.3 Å². The number of nitrogens with zero attached hydrogens (tertiary/aromatic N) is 4. The summed E-state index contributed by atoms with van der Waals surface area (Å²) in [5.41, 5.74) is 5.08. The number of pyridine rings is 1. The van der Waals surface area contributed by atoms with E-state index in [2.05, 4.69) is 35.4 Å². The van der Waals surface area contributed by atoms with Crippen LogP contribution in [0, 0.1) is 6.57 Å². The Hall–Kier alpha value is -4.25. The van der Waals surface area contributed by atoms with Crippen LogP contribution >= 0.6 is 0 Å². The van der Waals surface area contributed by atoms with Crippen molar-refractivity contribution in [1.29, 1.82) is 0 Å². The second-order valence-electron chi connectivity index (χ2n) is 7.74. The number of hydrogen-bond donors (Lipinski definition) is 3. The first-order valence-corrected chi connectivity index (χ1v) is 10.3. The molecule has 0 aliphatic heterocycles. The Labute approximate surface area is 186 Å². The molecular formula is C24H23N7O. The van der Waals surface area contributed by atoms with E-state index in [1.54, 1.807) is 19.3 Å². The molecule has 3 heterocycles. The van der Waals surface area contributed by atoms with Gasteiger partial charge in [0.15, 0.2) is 0 Å². The summed E-state index contributed by atoms with van der Waals surface area (Å²) in [6.07, 6.45) is 5.80. The monoisotopic (exact) mass is 425 g/mol. The van der Waals surface area contributed by atoms with E-state index in [4.69, 9.17) is 6.57 Å². The maximum absolute atomic E-state index is 11.9. The van der Waals surface area contributed by atoms with E-state index >= 15 is 0 Å². The van der Waals surface area contributed by atoms with Crippen molar-refractivity contribution in [3.05, 3.63) is 77.0 Å². The molecule has 0 atom stereocenters. The van der Waals surface area contributed by atoms with Gasteiger partial charge in [-0.2, -0.15) is 0 Å². The minimum atomic E-state index is -0.116. The number of nitrogens with one attached hydrogen (secondary N) is 3. The average molecular weight is 425 g/mol. The standard InChI is InChI=1S/C24H23N7O/c1-14(2)30-24-29-13-20(25-3)21(31-24)19-12-28-22-18(19)10-16(11-27-22)8-15-6-5-7-17(9-15)23(32)26-4/h5-7,9-14H,8H2,1-2,4H3,(H,26,32)(H,27,28)(H,29,30,31). The van der Waals surface area contributed by atoms with Crippen LogP contribution in [-0.2, 0) is 6.42 Å². The number of benzene rings is 1. The lowest BCUT2D eigenvalue weighted by Crippen LogP contribution is -2.17. The van der Waals surface area contributed by atoms with Crippen molar-refractivity contribution in [2.75, 3.05) is 12.4 Å². The van der Waals surface area contributed by atoms with Crippen LogP contribution in [0.5, 0.6) is 0 Å². The molecule has 0 fully saturated rings. The second-order valence-corrected chi connectivity index (χ2v) is 7.74. The van der Waals surface area contributed by atoms with E-state index in [1.165, 1.54) is 0 Å². The first kappa shape index (κ1) is 21.0. The molecule has 0 aliphatic rings. The molecule has 0 spiro atoms. The molecule has 3 aromatic heterocycles. The number of carbonyl (C=O) groups excluding carboxylic acids is 1. The number of fused-ring (bicyclic) bond motifs is 1. The van der Waals surface area contributed by atoms with Crippen LogP contribution in [0.3, 0.4) is 0 Å². The maximum atomic E-state index is 11.9. The minimum Gasteiger partial charge on any atom is -0.355 e. The first-order valence-electron chi connectivity index (χ1n) is 10.3. The number of H-pyrrole nitrogens is 1. The van der Waals surface area contributed by atoms with Gasteiger partial charge >= 0.3 is 0 Å². The average Bonchev–Trinajstić information content (AvgIpc) is 3.21. The van der Waals surface area contributed by atoms with Crippen molar-refractivity contribution in [2.45, 2.75) is 26.3 Å². The highest BCUT2D eigenvalue weighted by Gasteiger charge is 2.16. The topological polar surface area (TPSA) is 99.9 Å². The van der Waals surface area contributed by atoms with E-state index < -0.39 is 0 Å². The van der Waals surface area contributed by atoms with Gasteiger partial charge in [-0.3, -0.25) is 4.79 Å². The van der Waals surface area contributed by atoms with E-state index in [9.17, 15) is 4.79 Å². The van der Waals surface area contributed by atoms with E-state index in [0.29, 0.717) is 29.3 Å². The van der Waals surface area contributed by atoms with Crippen molar-refractivity contribution >= 4 is 28.6 Å². The van der Waals surface area contributed by atoms with Gasteiger partial charge < -0.3 is 15.6 Å². The number of amides is 1. The van der Waals surface area contributed by atoms with E-state index in [0.717, 1.165) is 27.7 Å². The second kappa shape index (κ2) is 8.86. The Kier molecular flexibility index (Phi) is 5.81. The summed E-state index contributed by atoms with van der Waals surface area (Å²) in [6.45, 7) is 11.5. The minimum absolute atomic E-state index is 0.116. The van der Waals surface area contributed by atoms with Gasteiger partial charge in [-0.25, -0.2) is 19.8 Å². The number of aromatic nitrogens is 4. The lowest BCUT2D eigenvalue weighted by atomic mass is 10.0. The lowest BCUT2D eigenvalue weighted by molar-refractivity contribution is 0.0963. The fourth-order valence-electron chi connectivity index (χ4n) is 3.53.